The number of hydrogen-bond donors (Lipinski definition) is 0. The molecule has 0 amide bonds. The SMILES string of the molecule is C=CC(=O)OCOc1ccc(C(=O)Oc2ccc(-c3ccc(F)cc3)cc2F)cc1. The summed E-state index contributed by atoms with van der Waals surface area (Å²) in [6.07, 6.45) is 1.01. The Hall–Kier alpha value is -4.00. The number of rotatable bonds is 7. The summed E-state index contributed by atoms with van der Waals surface area (Å²) < 4.78 is 42.4. The molecule has 0 radical (unpaired) electrons. The number of ether oxygens (including phenoxy) is 3. The van der Waals surface area contributed by atoms with Gasteiger partial charge in [0, 0.05) is 6.08 Å². The van der Waals surface area contributed by atoms with Crippen LogP contribution in [0.4, 0.5) is 8.78 Å². The van der Waals surface area contributed by atoms with E-state index in [0.29, 0.717) is 16.9 Å². The van der Waals surface area contributed by atoms with E-state index in [-0.39, 0.29) is 23.9 Å². The van der Waals surface area contributed by atoms with Gasteiger partial charge in [-0.1, -0.05) is 24.8 Å². The minimum Gasteiger partial charge on any atom is -0.457 e. The lowest BCUT2D eigenvalue weighted by atomic mass is 10.1. The fourth-order valence-electron chi connectivity index (χ4n) is 2.47. The Morgan fingerprint density at radius 2 is 1.57 bits per heavy atom. The maximum atomic E-state index is 14.4. The number of carbonyl (C=O) groups is 2. The molecule has 0 spiro atoms. The molecule has 0 aliphatic heterocycles. The topological polar surface area (TPSA) is 61.8 Å². The molecule has 152 valence electrons. The van der Waals surface area contributed by atoms with Crippen LogP contribution < -0.4 is 9.47 Å². The smallest absolute Gasteiger partial charge is 0.343 e. The minimum atomic E-state index is -0.756. The maximum Gasteiger partial charge on any atom is 0.343 e. The average molecular weight is 410 g/mol. The number of benzene rings is 3. The van der Waals surface area contributed by atoms with Crippen LogP contribution in [-0.4, -0.2) is 18.7 Å². The largest absolute Gasteiger partial charge is 0.457 e. The van der Waals surface area contributed by atoms with Crippen LogP contribution in [0.25, 0.3) is 11.1 Å². The van der Waals surface area contributed by atoms with Gasteiger partial charge in [-0.2, -0.15) is 0 Å². The second kappa shape index (κ2) is 9.47. The third-order valence-corrected chi connectivity index (χ3v) is 4.00. The van der Waals surface area contributed by atoms with E-state index in [1.807, 2.05) is 0 Å². The lowest BCUT2D eigenvalue weighted by Crippen LogP contribution is -2.10. The monoisotopic (exact) mass is 410 g/mol. The van der Waals surface area contributed by atoms with Gasteiger partial charge in [-0.05, 0) is 59.7 Å². The standard InChI is InChI=1S/C23H16F2O5/c1-2-22(26)29-14-28-19-10-5-16(6-11-19)23(27)30-21-12-7-17(13-20(21)25)15-3-8-18(24)9-4-15/h2-13H,1,14H2. The van der Waals surface area contributed by atoms with Gasteiger partial charge in [0.25, 0.3) is 0 Å². The van der Waals surface area contributed by atoms with Crippen LogP contribution >= 0.6 is 0 Å². The van der Waals surface area contributed by atoms with Crippen molar-refractivity contribution in [1.29, 1.82) is 0 Å². The van der Waals surface area contributed by atoms with E-state index in [1.54, 1.807) is 6.07 Å². The maximum absolute atomic E-state index is 14.4. The summed E-state index contributed by atoms with van der Waals surface area (Å²) in [5.41, 5.74) is 1.32. The van der Waals surface area contributed by atoms with E-state index in [9.17, 15) is 18.4 Å². The van der Waals surface area contributed by atoms with Gasteiger partial charge in [0.15, 0.2) is 11.6 Å². The van der Waals surface area contributed by atoms with Gasteiger partial charge in [-0.25, -0.2) is 18.4 Å². The van der Waals surface area contributed by atoms with Crippen molar-refractivity contribution < 1.29 is 32.6 Å². The van der Waals surface area contributed by atoms with Crippen LogP contribution in [-0.2, 0) is 9.53 Å². The summed E-state index contributed by atoms with van der Waals surface area (Å²) in [5.74, 6) is -2.37. The third kappa shape index (κ3) is 5.29. The zero-order chi connectivity index (χ0) is 21.5. The normalized spacial score (nSPS) is 10.2. The van der Waals surface area contributed by atoms with Crippen molar-refractivity contribution >= 4 is 11.9 Å². The van der Waals surface area contributed by atoms with Gasteiger partial charge in [-0.3, -0.25) is 0 Å². The summed E-state index contributed by atoms with van der Waals surface area (Å²) in [5, 5.41) is 0. The first kappa shape index (κ1) is 20.7. The van der Waals surface area contributed by atoms with Crippen molar-refractivity contribution in [2.75, 3.05) is 6.79 Å². The number of carbonyl (C=O) groups excluding carboxylic acids is 2. The molecule has 0 saturated carbocycles. The first-order valence-electron chi connectivity index (χ1n) is 8.76. The molecule has 3 rings (SSSR count). The second-order valence-electron chi connectivity index (χ2n) is 6.00. The van der Waals surface area contributed by atoms with Crippen molar-refractivity contribution in [2.24, 2.45) is 0 Å². The van der Waals surface area contributed by atoms with Gasteiger partial charge in [0.2, 0.25) is 6.79 Å². The van der Waals surface area contributed by atoms with E-state index in [1.165, 1.54) is 60.7 Å². The van der Waals surface area contributed by atoms with Crippen molar-refractivity contribution in [1.82, 2.24) is 0 Å². The third-order valence-electron chi connectivity index (χ3n) is 4.00. The lowest BCUT2D eigenvalue weighted by molar-refractivity contribution is -0.144. The lowest BCUT2D eigenvalue weighted by Gasteiger charge is -2.09. The molecule has 7 heteroatoms. The fourth-order valence-corrected chi connectivity index (χ4v) is 2.47. The molecule has 0 heterocycles. The van der Waals surface area contributed by atoms with Crippen molar-refractivity contribution in [3.8, 4) is 22.6 Å². The van der Waals surface area contributed by atoms with Crippen LogP contribution in [0.5, 0.6) is 11.5 Å². The zero-order valence-corrected chi connectivity index (χ0v) is 15.6. The summed E-state index contributed by atoms with van der Waals surface area (Å²) in [6.45, 7) is 2.95. The van der Waals surface area contributed by atoms with E-state index in [2.05, 4.69) is 11.3 Å². The molecule has 5 nitrogen and oxygen atoms in total. The van der Waals surface area contributed by atoms with Crippen LogP contribution in [0, 0.1) is 11.6 Å². The highest BCUT2D eigenvalue weighted by Gasteiger charge is 2.13. The Bertz CT molecular complexity index is 1060. The van der Waals surface area contributed by atoms with E-state index in [0.717, 1.165) is 6.08 Å². The Labute approximate surface area is 171 Å². The first-order valence-corrected chi connectivity index (χ1v) is 8.76. The van der Waals surface area contributed by atoms with Crippen LogP contribution in [0.1, 0.15) is 10.4 Å². The highest BCUT2D eigenvalue weighted by molar-refractivity contribution is 5.91. The summed E-state index contributed by atoms with van der Waals surface area (Å²) in [7, 11) is 0. The molecule has 0 aliphatic carbocycles. The molecule has 0 N–H and O–H groups in total. The van der Waals surface area contributed by atoms with E-state index >= 15 is 0 Å². The van der Waals surface area contributed by atoms with Gasteiger partial charge in [0.05, 0.1) is 5.56 Å². The van der Waals surface area contributed by atoms with E-state index < -0.39 is 17.8 Å². The fraction of sp³-hybridized carbons (Fsp3) is 0.0435. The molecule has 3 aromatic rings. The Morgan fingerprint density at radius 1 is 0.900 bits per heavy atom. The van der Waals surface area contributed by atoms with E-state index in [4.69, 9.17) is 9.47 Å². The highest BCUT2D eigenvalue weighted by Crippen LogP contribution is 2.26. The molecule has 0 atom stereocenters. The van der Waals surface area contributed by atoms with Crippen LogP contribution in [0.3, 0.4) is 0 Å². The van der Waals surface area contributed by atoms with Crippen molar-refractivity contribution in [2.45, 2.75) is 0 Å². The van der Waals surface area contributed by atoms with Gasteiger partial charge >= 0.3 is 11.9 Å². The predicted octanol–water partition coefficient (Wildman–Crippen LogP) is 4.92. The Balaban J connectivity index is 1.63. The average Bonchev–Trinajstić information content (AvgIpc) is 2.76. The quantitative estimate of drug-likeness (QED) is 0.240. The molecule has 0 unspecified atom stereocenters. The van der Waals surface area contributed by atoms with Crippen molar-refractivity contribution in [3.63, 3.8) is 0 Å². The first-order chi connectivity index (χ1) is 14.5. The Kier molecular flexibility index (Phi) is 6.54. The zero-order valence-electron chi connectivity index (χ0n) is 15.6. The predicted molar refractivity (Wildman–Crippen MR) is 105 cm³/mol. The molecule has 0 aliphatic rings. The minimum absolute atomic E-state index is 0.174. The molecule has 0 fully saturated rings. The van der Waals surface area contributed by atoms with Crippen LogP contribution in [0.2, 0.25) is 0 Å². The summed E-state index contributed by atoms with van der Waals surface area (Å²) >= 11 is 0. The molecular formula is C23H16F2O5. The van der Waals surface area contributed by atoms with Gasteiger partial charge in [-0.15, -0.1) is 0 Å². The summed E-state index contributed by atoms with van der Waals surface area (Å²) in [4.78, 5) is 23.2. The number of halogens is 2. The highest BCUT2D eigenvalue weighted by atomic mass is 19.1. The van der Waals surface area contributed by atoms with Crippen LogP contribution in [0.15, 0.2) is 79.4 Å². The molecule has 0 saturated heterocycles. The number of esters is 2. The number of hydrogen-bond acceptors (Lipinski definition) is 5. The van der Waals surface area contributed by atoms with Gasteiger partial charge in [0.1, 0.15) is 11.6 Å². The molecule has 30 heavy (non-hydrogen) atoms. The Morgan fingerprint density at radius 3 is 2.20 bits per heavy atom. The molecule has 0 bridgehead atoms. The molecular weight excluding hydrogens is 394 g/mol. The molecule has 0 aromatic heterocycles. The van der Waals surface area contributed by atoms with Crippen molar-refractivity contribution in [3.05, 3.63) is 96.6 Å². The summed E-state index contributed by atoms with van der Waals surface area (Å²) in [6, 6.07) is 15.5. The molecule has 3 aromatic carbocycles. The second-order valence-corrected chi connectivity index (χ2v) is 6.00. The van der Waals surface area contributed by atoms with Gasteiger partial charge < -0.3 is 14.2 Å².